The summed E-state index contributed by atoms with van der Waals surface area (Å²) in [5.74, 6) is 0.536. The van der Waals surface area contributed by atoms with Gasteiger partial charge in [-0.1, -0.05) is 29.8 Å². The van der Waals surface area contributed by atoms with Gasteiger partial charge in [0.15, 0.2) is 5.82 Å². The van der Waals surface area contributed by atoms with Crippen molar-refractivity contribution in [1.82, 2.24) is 19.6 Å². The molecule has 1 amide bonds. The van der Waals surface area contributed by atoms with Crippen molar-refractivity contribution in [2.45, 2.75) is 27.2 Å². The van der Waals surface area contributed by atoms with Crippen LogP contribution in [0.4, 0.5) is 10.1 Å². The van der Waals surface area contributed by atoms with Crippen LogP contribution in [0, 0.1) is 26.6 Å². The zero-order chi connectivity index (χ0) is 20.5. The van der Waals surface area contributed by atoms with E-state index in [-0.39, 0.29) is 18.1 Å². The molecule has 0 bridgehead atoms. The molecule has 7 heteroatoms. The topological polar surface area (TPSA) is 72.2 Å². The molecule has 0 spiro atoms. The maximum Gasteiger partial charge on any atom is 0.253 e. The number of anilines is 1. The van der Waals surface area contributed by atoms with Gasteiger partial charge < -0.3 is 5.32 Å². The Bertz CT molecular complexity index is 1200. The summed E-state index contributed by atoms with van der Waals surface area (Å²) in [6.45, 7) is 5.78. The summed E-state index contributed by atoms with van der Waals surface area (Å²) >= 11 is 0. The van der Waals surface area contributed by atoms with Gasteiger partial charge in [-0.2, -0.15) is 4.98 Å². The average Bonchev–Trinajstić information content (AvgIpc) is 3.11. The molecule has 0 atom stereocenters. The van der Waals surface area contributed by atoms with E-state index < -0.39 is 0 Å². The Morgan fingerprint density at radius 2 is 1.69 bits per heavy atom. The first-order valence-electron chi connectivity index (χ1n) is 9.26. The molecule has 0 aliphatic rings. The summed E-state index contributed by atoms with van der Waals surface area (Å²) in [5, 5.41) is 7.36. The fraction of sp³-hybridized carbons (Fsp3) is 0.182. The van der Waals surface area contributed by atoms with Crippen LogP contribution in [0.25, 0.3) is 17.2 Å². The van der Waals surface area contributed by atoms with Gasteiger partial charge >= 0.3 is 0 Å². The van der Waals surface area contributed by atoms with Crippen LogP contribution in [0.15, 0.2) is 48.5 Å². The molecule has 0 radical (unpaired) electrons. The van der Waals surface area contributed by atoms with Gasteiger partial charge in [-0.3, -0.25) is 4.79 Å². The van der Waals surface area contributed by atoms with Gasteiger partial charge in [0.1, 0.15) is 5.82 Å². The predicted molar refractivity (Wildman–Crippen MR) is 109 cm³/mol. The number of amides is 1. The second-order valence-corrected chi connectivity index (χ2v) is 7.01. The average molecular weight is 389 g/mol. The van der Waals surface area contributed by atoms with Crippen LogP contribution in [0.5, 0.6) is 0 Å². The van der Waals surface area contributed by atoms with Crippen molar-refractivity contribution in [1.29, 1.82) is 0 Å². The summed E-state index contributed by atoms with van der Waals surface area (Å²) in [4.78, 5) is 21.6. The third kappa shape index (κ3) is 3.85. The van der Waals surface area contributed by atoms with Gasteiger partial charge in [-0.25, -0.2) is 13.9 Å². The molecule has 0 saturated carbocycles. The van der Waals surface area contributed by atoms with E-state index in [4.69, 9.17) is 0 Å². The lowest BCUT2D eigenvalue weighted by Crippen LogP contribution is -2.17. The number of aryl methyl sites for hydroxylation is 3. The van der Waals surface area contributed by atoms with Crippen molar-refractivity contribution in [3.63, 3.8) is 0 Å². The molecular weight excluding hydrogens is 369 g/mol. The molecule has 0 saturated heterocycles. The molecule has 0 aliphatic carbocycles. The van der Waals surface area contributed by atoms with Crippen molar-refractivity contribution in [2.75, 3.05) is 5.32 Å². The Morgan fingerprint density at radius 1 is 1.00 bits per heavy atom. The van der Waals surface area contributed by atoms with E-state index in [9.17, 15) is 9.18 Å². The minimum Gasteiger partial charge on any atom is -0.326 e. The molecule has 2 heterocycles. The minimum absolute atomic E-state index is 0.137. The number of hydrogen-bond donors (Lipinski definition) is 1. The van der Waals surface area contributed by atoms with Gasteiger partial charge in [0.25, 0.3) is 5.78 Å². The third-order valence-electron chi connectivity index (χ3n) is 4.82. The normalized spacial score (nSPS) is 11.0. The van der Waals surface area contributed by atoms with E-state index in [0.717, 1.165) is 28.1 Å². The standard InChI is InChI=1S/C22H20FN5O/c1-13-4-6-16(7-5-13)21-26-22-24-14(2)19(15(3)28(22)27-21)12-20(29)25-18-10-8-17(23)9-11-18/h4-11H,12H2,1-3H3,(H,25,29). The van der Waals surface area contributed by atoms with Crippen LogP contribution in [-0.2, 0) is 11.2 Å². The largest absolute Gasteiger partial charge is 0.326 e. The molecule has 0 fully saturated rings. The Hall–Kier alpha value is -3.61. The maximum absolute atomic E-state index is 13.0. The molecule has 0 aliphatic heterocycles. The highest BCUT2D eigenvalue weighted by Crippen LogP contribution is 2.20. The lowest BCUT2D eigenvalue weighted by Gasteiger charge is -2.10. The van der Waals surface area contributed by atoms with Crippen LogP contribution >= 0.6 is 0 Å². The first-order valence-corrected chi connectivity index (χ1v) is 9.26. The van der Waals surface area contributed by atoms with Gasteiger partial charge in [0, 0.05) is 28.2 Å². The molecule has 4 aromatic rings. The summed E-state index contributed by atoms with van der Waals surface area (Å²) in [6, 6.07) is 13.6. The van der Waals surface area contributed by atoms with Crippen LogP contribution in [0.3, 0.4) is 0 Å². The first-order chi connectivity index (χ1) is 13.9. The third-order valence-corrected chi connectivity index (χ3v) is 4.82. The number of nitrogens with one attached hydrogen (secondary N) is 1. The van der Waals surface area contributed by atoms with Gasteiger partial charge in [0.05, 0.1) is 6.42 Å². The van der Waals surface area contributed by atoms with E-state index in [1.54, 1.807) is 4.52 Å². The van der Waals surface area contributed by atoms with Crippen molar-refractivity contribution < 1.29 is 9.18 Å². The molecule has 146 valence electrons. The summed E-state index contributed by atoms with van der Waals surface area (Å²) < 4.78 is 14.7. The van der Waals surface area contributed by atoms with Crippen LogP contribution < -0.4 is 5.32 Å². The number of halogens is 1. The van der Waals surface area contributed by atoms with E-state index in [1.807, 2.05) is 45.0 Å². The van der Waals surface area contributed by atoms with E-state index in [0.29, 0.717) is 17.3 Å². The van der Waals surface area contributed by atoms with Crippen molar-refractivity contribution in [3.05, 3.63) is 76.9 Å². The van der Waals surface area contributed by atoms with E-state index >= 15 is 0 Å². The lowest BCUT2D eigenvalue weighted by atomic mass is 10.1. The number of nitrogens with zero attached hydrogens (tertiary/aromatic N) is 4. The fourth-order valence-electron chi connectivity index (χ4n) is 3.19. The molecule has 6 nitrogen and oxygen atoms in total. The Kier molecular flexibility index (Phi) is 4.80. The number of benzene rings is 2. The number of hydrogen-bond acceptors (Lipinski definition) is 4. The predicted octanol–water partition coefficient (Wildman–Crippen LogP) is 4.04. The summed E-state index contributed by atoms with van der Waals surface area (Å²) in [7, 11) is 0. The first kappa shape index (κ1) is 18.7. The molecular formula is C22H20FN5O. The zero-order valence-electron chi connectivity index (χ0n) is 16.4. The highest BCUT2D eigenvalue weighted by Gasteiger charge is 2.17. The van der Waals surface area contributed by atoms with Crippen LogP contribution in [0.1, 0.15) is 22.5 Å². The molecule has 2 aromatic heterocycles. The smallest absolute Gasteiger partial charge is 0.253 e. The fourth-order valence-corrected chi connectivity index (χ4v) is 3.19. The second-order valence-electron chi connectivity index (χ2n) is 7.01. The quantitative estimate of drug-likeness (QED) is 0.572. The number of carbonyl (C=O) groups excluding carboxylic acids is 1. The summed E-state index contributed by atoms with van der Waals surface area (Å²) in [5.41, 5.74) is 4.95. The number of rotatable bonds is 4. The Morgan fingerprint density at radius 3 is 2.38 bits per heavy atom. The van der Waals surface area contributed by atoms with E-state index in [1.165, 1.54) is 24.3 Å². The summed E-state index contributed by atoms with van der Waals surface area (Å²) in [6.07, 6.45) is 0.137. The SMILES string of the molecule is Cc1ccc(-c2nc3nc(C)c(CC(=O)Nc4ccc(F)cc4)c(C)n3n2)cc1. The molecule has 0 unspecified atom stereocenters. The number of carbonyl (C=O) groups is 1. The monoisotopic (exact) mass is 389 g/mol. The highest BCUT2D eigenvalue weighted by molar-refractivity contribution is 5.92. The second kappa shape index (κ2) is 7.43. The molecule has 2 aromatic carbocycles. The minimum atomic E-state index is -0.347. The zero-order valence-corrected chi connectivity index (χ0v) is 16.4. The molecule has 4 rings (SSSR count). The highest BCUT2D eigenvalue weighted by atomic mass is 19.1. The Labute approximate surface area is 167 Å². The molecule has 29 heavy (non-hydrogen) atoms. The number of aromatic nitrogens is 4. The van der Waals surface area contributed by atoms with Gasteiger partial charge in [-0.05, 0) is 45.0 Å². The Balaban J connectivity index is 1.63. The van der Waals surface area contributed by atoms with Gasteiger partial charge in [0.2, 0.25) is 5.91 Å². The molecule has 1 N–H and O–H groups in total. The number of fused-ring (bicyclic) bond motifs is 1. The van der Waals surface area contributed by atoms with E-state index in [2.05, 4.69) is 20.4 Å². The lowest BCUT2D eigenvalue weighted by molar-refractivity contribution is -0.115. The van der Waals surface area contributed by atoms with Crippen LogP contribution in [-0.4, -0.2) is 25.5 Å². The van der Waals surface area contributed by atoms with Crippen LogP contribution in [0.2, 0.25) is 0 Å². The van der Waals surface area contributed by atoms with Crippen molar-refractivity contribution in [3.8, 4) is 11.4 Å². The van der Waals surface area contributed by atoms with Gasteiger partial charge in [-0.15, -0.1) is 5.10 Å². The maximum atomic E-state index is 13.0. The van der Waals surface area contributed by atoms with Crippen molar-refractivity contribution >= 4 is 17.4 Å². The van der Waals surface area contributed by atoms with Crippen molar-refractivity contribution in [2.24, 2.45) is 0 Å².